The van der Waals surface area contributed by atoms with Crippen LogP contribution in [0.5, 0.6) is 5.75 Å². The third kappa shape index (κ3) is 6.67. The summed E-state index contributed by atoms with van der Waals surface area (Å²) in [6, 6.07) is 7.61. The van der Waals surface area contributed by atoms with E-state index in [0.717, 1.165) is 42.6 Å². The van der Waals surface area contributed by atoms with Crippen LogP contribution in [0.1, 0.15) is 96.5 Å². The number of aromatic nitrogens is 2. The van der Waals surface area contributed by atoms with Gasteiger partial charge in [0.05, 0.1) is 5.92 Å². The summed E-state index contributed by atoms with van der Waals surface area (Å²) >= 11 is 0. The molecule has 4 heteroatoms. The van der Waals surface area contributed by atoms with Gasteiger partial charge in [-0.05, 0) is 98.9 Å². The minimum atomic E-state index is -0.0615. The van der Waals surface area contributed by atoms with E-state index < -0.39 is 0 Å². The maximum absolute atomic E-state index is 12.8. The minimum absolute atomic E-state index is 0.0477. The summed E-state index contributed by atoms with van der Waals surface area (Å²) in [7, 11) is 0. The van der Waals surface area contributed by atoms with Gasteiger partial charge in [0, 0.05) is 18.0 Å². The van der Waals surface area contributed by atoms with Crippen molar-refractivity contribution in [3.63, 3.8) is 0 Å². The molecule has 184 valence electrons. The number of carbonyl (C=O) groups is 1. The second kappa shape index (κ2) is 12.5. The van der Waals surface area contributed by atoms with Gasteiger partial charge < -0.3 is 4.74 Å². The van der Waals surface area contributed by atoms with E-state index in [-0.39, 0.29) is 11.9 Å². The van der Waals surface area contributed by atoms with Crippen molar-refractivity contribution in [1.82, 2.24) is 9.97 Å². The highest BCUT2D eigenvalue weighted by Crippen LogP contribution is 2.42. The van der Waals surface area contributed by atoms with E-state index in [2.05, 4.69) is 23.8 Å². The first-order valence-electron chi connectivity index (χ1n) is 13.8. The quantitative estimate of drug-likeness (QED) is 0.217. The van der Waals surface area contributed by atoms with Gasteiger partial charge in [-0.25, -0.2) is 9.97 Å². The summed E-state index contributed by atoms with van der Waals surface area (Å²) in [6.07, 6.45) is 19.8. The van der Waals surface area contributed by atoms with Crippen molar-refractivity contribution in [2.24, 2.45) is 23.7 Å². The molecule has 0 N–H and O–H groups in total. The molecule has 2 aliphatic rings. The van der Waals surface area contributed by atoms with E-state index in [1.54, 1.807) is 0 Å². The Bertz CT molecular complexity index is 877. The number of hydrogen-bond acceptors (Lipinski definition) is 4. The zero-order chi connectivity index (χ0) is 23.8. The molecule has 0 aliphatic heterocycles. The molecule has 0 spiro atoms. The monoisotopic (exact) mass is 462 g/mol. The van der Waals surface area contributed by atoms with Crippen LogP contribution in [0.15, 0.2) is 36.7 Å². The van der Waals surface area contributed by atoms with E-state index in [0.29, 0.717) is 11.6 Å². The fraction of sp³-hybridized carbons (Fsp3) is 0.633. The Kier molecular flexibility index (Phi) is 9.12. The molecular formula is C30H42N2O2. The van der Waals surface area contributed by atoms with Gasteiger partial charge in [-0.15, -0.1) is 0 Å². The molecule has 0 unspecified atom stereocenters. The number of esters is 1. The Labute approximate surface area is 205 Å². The van der Waals surface area contributed by atoms with Crippen molar-refractivity contribution in [3.05, 3.63) is 42.2 Å². The average molecular weight is 463 g/mol. The molecule has 0 radical (unpaired) electrons. The molecule has 2 aromatic rings. The van der Waals surface area contributed by atoms with E-state index in [1.807, 2.05) is 36.7 Å². The molecule has 4 rings (SSSR count). The Morgan fingerprint density at radius 3 is 2.06 bits per heavy atom. The number of carbonyl (C=O) groups excluding carboxylic acids is 1. The standard InChI is InChI=1S/C30H42N2O2/c1-3-5-6-7-23-20-31-29(32-21-23)26-16-18-28(19-17-26)34-30(33)27-14-12-25(13-15-27)24-10-8-22(4-2)9-11-24/h16-22,24-25,27H,3-15H2,1-2H3. The van der Waals surface area contributed by atoms with Crippen molar-refractivity contribution >= 4 is 5.97 Å². The summed E-state index contributed by atoms with van der Waals surface area (Å²) in [5.41, 5.74) is 2.13. The molecule has 34 heavy (non-hydrogen) atoms. The summed E-state index contributed by atoms with van der Waals surface area (Å²) < 4.78 is 5.75. The third-order valence-electron chi connectivity index (χ3n) is 8.35. The van der Waals surface area contributed by atoms with Crippen molar-refractivity contribution in [3.8, 4) is 17.1 Å². The molecule has 0 saturated heterocycles. The van der Waals surface area contributed by atoms with Crippen molar-refractivity contribution in [2.45, 2.75) is 97.3 Å². The zero-order valence-electron chi connectivity index (χ0n) is 21.2. The molecule has 2 fully saturated rings. The molecule has 2 saturated carbocycles. The SMILES string of the molecule is CCCCCc1cnc(-c2ccc(OC(=O)C3CCC(C4CCC(CC)CC4)CC3)cc2)nc1. The third-order valence-corrected chi connectivity index (χ3v) is 8.35. The van der Waals surface area contributed by atoms with Gasteiger partial charge in [-0.3, -0.25) is 4.79 Å². The van der Waals surface area contributed by atoms with Crippen LogP contribution in [0.2, 0.25) is 0 Å². The fourth-order valence-electron chi connectivity index (χ4n) is 5.98. The summed E-state index contributed by atoms with van der Waals surface area (Å²) in [6.45, 7) is 4.54. The lowest BCUT2D eigenvalue weighted by atomic mass is 9.69. The highest BCUT2D eigenvalue weighted by molar-refractivity contribution is 5.75. The van der Waals surface area contributed by atoms with Gasteiger partial charge in [0.2, 0.25) is 0 Å². The van der Waals surface area contributed by atoms with E-state index in [9.17, 15) is 4.79 Å². The van der Waals surface area contributed by atoms with Crippen LogP contribution in [0.25, 0.3) is 11.4 Å². The lowest BCUT2D eigenvalue weighted by Gasteiger charge is -2.37. The van der Waals surface area contributed by atoms with Crippen LogP contribution in [0.3, 0.4) is 0 Å². The maximum atomic E-state index is 12.8. The van der Waals surface area contributed by atoms with Crippen LogP contribution < -0.4 is 4.74 Å². The maximum Gasteiger partial charge on any atom is 0.314 e. The number of unbranched alkanes of at least 4 members (excludes halogenated alkanes) is 2. The Balaban J connectivity index is 1.23. The summed E-state index contributed by atoms with van der Waals surface area (Å²) in [5, 5.41) is 0. The topological polar surface area (TPSA) is 52.1 Å². The van der Waals surface area contributed by atoms with Gasteiger partial charge in [0.1, 0.15) is 5.75 Å². The Morgan fingerprint density at radius 2 is 1.47 bits per heavy atom. The van der Waals surface area contributed by atoms with Crippen molar-refractivity contribution in [1.29, 1.82) is 0 Å². The predicted molar refractivity (Wildman–Crippen MR) is 138 cm³/mol. The molecule has 4 nitrogen and oxygen atoms in total. The highest BCUT2D eigenvalue weighted by atomic mass is 16.5. The van der Waals surface area contributed by atoms with Gasteiger partial charge in [0.15, 0.2) is 5.82 Å². The second-order valence-corrected chi connectivity index (χ2v) is 10.6. The Morgan fingerprint density at radius 1 is 0.853 bits per heavy atom. The minimum Gasteiger partial charge on any atom is -0.426 e. The first-order valence-corrected chi connectivity index (χ1v) is 13.8. The van der Waals surface area contributed by atoms with Crippen LogP contribution in [0, 0.1) is 23.7 Å². The molecule has 0 atom stereocenters. The number of ether oxygens (including phenoxy) is 1. The zero-order valence-corrected chi connectivity index (χ0v) is 21.2. The molecule has 1 aromatic carbocycles. The summed E-state index contributed by atoms with van der Waals surface area (Å²) in [5.74, 6) is 3.97. The molecule has 1 heterocycles. The van der Waals surface area contributed by atoms with Crippen LogP contribution in [0.4, 0.5) is 0 Å². The first kappa shape index (κ1) is 24.9. The lowest BCUT2D eigenvalue weighted by Crippen LogP contribution is -2.30. The summed E-state index contributed by atoms with van der Waals surface area (Å²) in [4.78, 5) is 21.8. The largest absolute Gasteiger partial charge is 0.426 e. The fourth-order valence-corrected chi connectivity index (χ4v) is 5.98. The van der Waals surface area contributed by atoms with Crippen LogP contribution >= 0.6 is 0 Å². The average Bonchev–Trinajstić information content (AvgIpc) is 2.90. The number of rotatable bonds is 9. The Hall–Kier alpha value is -2.23. The predicted octanol–water partition coefficient (Wildman–Crippen LogP) is 7.80. The van der Waals surface area contributed by atoms with Crippen molar-refractivity contribution in [2.75, 3.05) is 0 Å². The first-order chi connectivity index (χ1) is 16.7. The normalized spacial score (nSPS) is 25.1. The molecule has 2 aliphatic carbocycles. The number of hydrogen-bond donors (Lipinski definition) is 0. The van der Waals surface area contributed by atoms with E-state index in [4.69, 9.17) is 4.74 Å². The number of aryl methyl sites for hydroxylation is 1. The van der Waals surface area contributed by atoms with Gasteiger partial charge in [-0.2, -0.15) is 0 Å². The van der Waals surface area contributed by atoms with Gasteiger partial charge >= 0.3 is 5.97 Å². The van der Waals surface area contributed by atoms with Crippen LogP contribution in [-0.4, -0.2) is 15.9 Å². The molecular weight excluding hydrogens is 420 g/mol. The van der Waals surface area contributed by atoms with Gasteiger partial charge in [-0.1, -0.05) is 46.0 Å². The van der Waals surface area contributed by atoms with Crippen LogP contribution in [-0.2, 0) is 11.2 Å². The molecule has 0 amide bonds. The second-order valence-electron chi connectivity index (χ2n) is 10.6. The van der Waals surface area contributed by atoms with Gasteiger partial charge in [0.25, 0.3) is 0 Å². The highest BCUT2D eigenvalue weighted by Gasteiger charge is 2.33. The lowest BCUT2D eigenvalue weighted by molar-refractivity contribution is -0.140. The smallest absolute Gasteiger partial charge is 0.314 e. The molecule has 0 bridgehead atoms. The number of benzene rings is 1. The van der Waals surface area contributed by atoms with E-state index >= 15 is 0 Å². The van der Waals surface area contributed by atoms with E-state index in [1.165, 1.54) is 69.8 Å². The van der Waals surface area contributed by atoms with Crippen molar-refractivity contribution < 1.29 is 9.53 Å². The molecule has 1 aromatic heterocycles. The number of nitrogens with zero attached hydrogens (tertiary/aromatic N) is 2.